The summed E-state index contributed by atoms with van der Waals surface area (Å²) >= 11 is 0. The SMILES string of the molecule is CCCCCCCCCCCCCCCCOC(=O)Nc1ccc(C)cc1. The fourth-order valence-corrected chi connectivity index (χ4v) is 3.25. The predicted octanol–water partition coefficient (Wildman–Crippen LogP) is 8.02. The standard InChI is InChI=1S/C24H41NO2/c1-3-4-5-6-7-8-9-10-11-12-13-14-15-16-21-27-24(26)25-23-19-17-22(2)18-20-23/h17-20H,3-16,21H2,1-2H3,(H,25,26). The molecule has 0 aliphatic carbocycles. The largest absolute Gasteiger partial charge is 0.449 e. The van der Waals surface area contributed by atoms with Crippen molar-refractivity contribution < 1.29 is 9.53 Å². The third-order valence-electron chi connectivity index (χ3n) is 5.03. The Balaban J connectivity index is 1.81. The molecule has 0 aliphatic heterocycles. The number of carbonyl (C=O) groups is 1. The summed E-state index contributed by atoms with van der Waals surface area (Å²) in [4.78, 5) is 11.7. The van der Waals surface area contributed by atoms with Gasteiger partial charge in [-0.2, -0.15) is 0 Å². The van der Waals surface area contributed by atoms with Gasteiger partial charge in [-0.25, -0.2) is 4.79 Å². The van der Waals surface area contributed by atoms with E-state index in [0.717, 1.165) is 18.5 Å². The molecule has 0 radical (unpaired) electrons. The molecule has 1 N–H and O–H groups in total. The molecule has 0 atom stereocenters. The Morgan fingerprint density at radius 2 is 1.19 bits per heavy atom. The van der Waals surface area contributed by atoms with Crippen LogP contribution in [0.25, 0.3) is 0 Å². The van der Waals surface area contributed by atoms with E-state index in [1.807, 2.05) is 31.2 Å². The van der Waals surface area contributed by atoms with Gasteiger partial charge in [-0.15, -0.1) is 0 Å². The fourth-order valence-electron chi connectivity index (χ4n) is 3.25. The summed E-state index contributed by atoms with van der Waals surface area (Å²) in [7, 11) is 0. The van der Waals surface area contributed by atoms with E-state index in [0.29, 0.717) is 6.61 Å². The van der Waals surface area contributed by atoms with Gasteiger partial charge in [-0.1, -0.05) is 108 Å². The minimum Gasteiger partial charge on any atom is -0.449 e. The Labute approximate surface area is 167 Å². The Hall–Kier alpha value is -1.51. The number of aryl methyl sites for hydroxylation is 1. The molecule has 0 aromatic heterocycles. The van der Waals surface area contributed by atoms with E-state index >= 15 is 0 Å². The minimum absolute atomic E-state index is 0.353. The van der Waals surface area contributed by atoms with Crippen LogP contribution in [0.15, 0.2) is 24.3 Å². The Morgan fingerprint density at radius 1 is 0.741 bits per heavy atom. The molecule has 1 aromatic rings. The topological polar surface area (TPSA) is 38.3 Å². The Kier molecular flexibility index (Phi) is 14.5. The lowest BCUT2D eigenvalue weighted by Gasteiger charge is -2.07. The number of hydrogen-bond donors (Lipinski definition) is 1. The second-order valence-corrected chi connectivity index (χ2v) is 7.72. The molecular weight excluding hydrogens is 334 g/mol. The van der Waals surface area contributed by atoms with Gasteiger partial charge in [0.2, 0.25) is 0 Å². The van der Waals surface area contributed by atoms with Crippen molar-refractivity contribution in [2.24, 2.45) is 0 Å². The van der Waals surface area contributed by atoms with Crippen LogP contribution in [-0.2, 0) is 4.74 Å². The quantitative estimate of drug-likeness (QED) is 0.297. The zero-order valence-corrected chi connectivity index (χ0v) is 17.7. The monoisotopic (exact) mass is 375 g/mol. The zero-order chi connectivity index (χ0) is 19.6. The highest BCUT2D eigenvalue weighted by molar-refractivity contribution is 5.84. The number of benzene rings is 1. The van der Waals surface area contributed by atoms with Crippen molar-refractivity contribution in [2.45, 2.75) is 104 Å². The maximum Gasteiger partial charge on any atom is 0.411 e. The average molecular weight is 376 g/mol. The van der Waals surface area contributed by atoms with E-state index < -0.39 is 0 Å². The number of carbonyl (C=O) groups excluding carboxylic acids is 1. The van der Waals surface area contributed by atoms with E-state index in [2.05, 4.69) is 12.2 Å². The lowest BCUT2D eigenvalue weighted by molar-refractivity contribution is 0.159. The molecule has 1 rings (SSSR count). The highest BCUT2D eigenvalue weighted by Gasteiger charge is 2.02. The van der Waals surface area contributed by atoms with E-state index in [9.17, 15) is 4.79 Å². The van der Waals surface area contributed by atoms with Crippen LogP contribution in [0.4, 0.5) is 10.5 Å². The summed E-state index contributed by atoms with van der Waals surface area (Å²) in [5.41, 5.74) is 1.96. The molecule has 0 fully saturated rings. The van der Waals surface area contributed by atoms with Crippen LogP contribution >= 0.6 is 0 Å². The zero-order valence-electron chi connectivity index (χ0n) is 17.7. The summed E-state index contributed by atoms with van der Waals surface area (Å²) in [6.07, 6.45) is 18.3. The van der Waals surface area contributed by atoms with Gasteiger partial charge in [0.25, 0.3) is 0 Å². The highest BCUT2D eigenvalue weighted by atomic mass is 16.5. The van der Waals surface area contributed by atoms with Gasteiger partial charge < -0.3 is 4.74 Å². The van der Waals surface area contributed by atoms with Gasteiger partial charge >= 0.3 is 6.09 Å². The van der Waals surface area contributed by atoms with Crippen molar-refractivity contribution in [3.8, 4) is 0 Å². The van der Waals surface area contributed by atoms with Crippen LogP contribution < -0.4 is 5.32 Å². The summed E-state index contributed by atoms with van der Waals surface area (Å²) in [6.45, 7) is 4.81. The number of unbranched alkanes of at least 4 members (excludes halogenated alkanes) is 13. The van der Waals surface area contributed by atoms with Crippen molar-refractivity contribution in [1.82, 2.24) is 0 Å². The molecule has 0 saturated heterocycles. The van der Waals surface area contributed by atoms with Gasteiger partial charge in [0, 0.05) is 5.69 Å². The molecule has 3 nitrogen and oxygen atoms in total. The molecule has 0 spiro atoms. The number of amides is 1. The first-order valence-corrected chi connectivity index (χ1v) is 11.2. The molecule has 27 heavy (non-hydrogen) atoms. The first-order chi connectivity index (χ1) is 13.2. The average Bonchev–Trinajstić information content (AvgIpc) is 2.66. The van der Waals surface area contributed by atoms with E-state index in [-0.39, 0.29) is 6.09 Å². The third-order valence-corrected chi connectivity index (χ3v) is 5.03. The maximum atomic E-state index is 11.7. The van der Waals surface area contributed by atoms with E-state index in [1.165, 1.54) is 82.6 Å². The summed E-state index contributed by atoms with van der Waals surface area (Å²) in [5.74, 6) is 0. The predicted molar refractivity (Wildman–Crippen MR) is 116 cm³/mol. The van der Waals surface area contributed by atoms with Gasteiger partial charge in [0.1, 0.15) is 0 Å². The lowest BCUT2D eigenvalue weighted by atomic mass is 10.0. The number of anilines is 1. The molecule has 0 unspecified atom stereocenters. The smallest absolute Gasteiger partial charge is 0.411 e. The lowest BCUT2D eigenvalue weighted by Crippen LogP contribution is -2.14. The summed E-state index contributed by atoms with van der Waals surface area (Å²) < 4.78 is 5.23. The van der Waals surface area contributed by atoms with Crippen molar-refractivity contribution in [3.05, 3.63) is 29.8 Å². The molecule has 3 heteroatoms. The maximum absolute atomic E-state index is 11.7. The van der Waals surface area contributed by atoms with E-state index in [4.69, 9.17) is 4.74 Å². The van der Waals surface area contributed by atoms with E-state index in [1.54, 1.807) is 0 Å². The van der Waals surface area contributed by atoms with Crippen LogP contribution in [0, 0.1) is 6.92 Å². The number of rotatable bonds is 16. The molecule has 1 amide bonds. The molecule has 0 saturated carbocycles. The van der Waals surface area contributed by atoms with Gasteiger partial charge in [-0.05, 0) is 25.5 Å². The minimum atomic E-state index is -0.353. The Morgan fingerprint density at radius 3 is 1.67 bits per heavy atom. The van der Waals surface area contributed by atoms with Gasteiger partial charge in [0.15, 0.2) is 0 Å². The molecule has 0 aliphatic rings. The first-order valence-electron chi connectivity index (χ1n) is 11.2. The molecule has 1 aromatic carbocycles. The fraction of sp³-hybridized carbons (Fsp3) is 0.708. The Bertz CT molecular complexity index is 470. The third kappa shape index (κ3) is 14.2. The molecule has 154 valence electrons. The summed E-state index contributed by atoms with van der Waals surface area (Å²) in [5, 5.41) is 2.76. The van der Waals surface area contributed by atoms with Crippen molar-refractivity contribution in [3.63, 3.8) is 0 Å². The molecule has 0 bridgehead atoms. The van der Waals surface area contributed by atoms with Crippen LogP contribution in [0.2, 0.25) is 0 Å². The number of ether oxygens (including phenoxy) is 1. The summed E-state index contributed by atoms with van der Waals surface area (Å²) in [6, 6.07) is 7.73. The van der Waals surface area contributed by atoms with Crippen LogP contribution in [0.1, 0.15) is 102 Å². The second kappa shape index (κ2) is 16.6. The van der Waals surface area contributed by atoms with Gasteiger partial charge in [-0.3, -0.25) is 5.32 Å². The van der Waals surface area contributed by atoms with Crippen molar-refractivity contribution >= 4 is 11.8 Å². The highest BCUT2D eigenvalue weighted by Crippen LogP contribution is 2.13. The number of hydrogen-bond acceptors (Lipinski definition) is 2. The van der Waals surface area contributed by atoms with Gasteiger partial charge in [0.05, 0.1) is 6.61 Å². The second-order valence-electron chi connectivity index (χ2n) is 7.72. The van der Waals surface area contributed by atoms with Crippen LogP contribution in [0.5, 0.6) is 0 Å². The molecule has 0 heterocycles. The van der Waals surface area contributed by atoms with Crippen molar-refractivity contribution in [2.75, 3.05) is 11.9 Å². The normalized spacial score (nSPS) is 10.7. The first kappa shape index (κ1) is 23.5. The van der Waals surface area contributed by atoms with Crippen LogP contribution in [-0.4, -0.2) is 12.7 Å². The van der Waals surface area contributed by atoms with Crippen LogP contribution in [0.3, 0.4) is 0 Å². The van der Waals surface area contributed by atoms with Crippen molar-refractivity contribution in [1.29, 1.82) is 0 Å². The number of nitrogens with one attached hydrogen (secondary N) is 1. The molecular formula is C24H41NO2.